The summed E-state index contributed by atoms with van der Waals surface area (Å²) < 4.78 is 2.15. The topological polar surface area (TPSA) is 29.9 Å². The van der Waals surface area contributed by atoms with Crippen LogP contribution in [0.3, 0.4) is 0 Å². The molecule has 2 rings (SSSR count). The van der Waals surface area contributed by atoms with Gasteiger partial charge in [0.1, 0.15) is 0 Å². The van der Waals surface area contributed by atoms with Crippen LogP contribution in [-0.4, -0.2) is 22.9 Å². The lowest BCUT2D eigenvalue weighted by molar-refractivity contribution is 0.200. The fraction of sp³-hybridized carbons (Fsp3) is 0.812. The van der Waals surface area contributed by atoms with Crippen LogP contribution >= 0.6 is 0 Å². The van der Waals surface area contributed by atoms with Crippen LogP contribution in [0.5, 0.6) is 0 Å². The predicted octanol–water partition coefficient (Wildman–Crippen LogP) is 3.17. The van der Waals surface area contributed by atoms with E-state index in [9.17, 15) is 0 Å². The molecule has 0 aromatic carbocycles. The van der Waals surface area contributed by atoms with Crippen molar-refractivity contribution in [2.24, 2.45) is 11.3 Å². The van der Waals surface area contributed by atoms with Crippen molar-refractivity contribution in [3.8, 4) is 0 Å². The lowest BCUT2D eigenvalue weighted by atomic mass is 9.76. The molecule has 3 nitrogen and oxygen atoms in total. The molecule has 0 bridgehead atoms. The summed E-state index contributed by atoms with van der Waals surface area (Å²) >= 11 is 0. The maximum atomic E-state index is 4.57. The van der Waals surface area contributed by atoms with Crippen LogP contribution < -0.4 is 5.32 Å². The zero-order valence-electron chi connectivity index (χ0n) is 13.2. The Morgan fingerprint density at radius 2 is 2.26 bits per heavy atom. The quantitative estimate of drug-likeness (QED) is 0.884. The van der Waals surface area contributed by atoms with Gasteiger partial charge >= 0.3 is 0 Å². The Hall–Kier alpha value is -0.830. The van der Waals surface area contributed by atoms with E-state index in [1.54, 1.807) is 0 Å². The molecule has 0 spiro atoms. The van der Waals surface area contributed by atoms with Crippen molar-refractivity contribution >= 4 is 0 Å². The summed E-state index contributed by atoms with van der Waals surface area (Å²) in [5.74, 6) is 0.776. The Bertz CT molecular complexity index is 420. The monoisotopic (exact) mass is 263 g/mol. The van der Waals surface area contributed by atoms with Gasteiger partial charge in [0, 0.05) is 24.7 Å². The Labute approximate surface area is 117 Å². The third-order valence-corrected chi connectivity index (χ3v) is 4.91. The fourth-order valence-electron chi connectivity index (χ4n) is 3.81. The van der Waals surface area contributed by atoms with Crippen molar-refractivity contribution in [1.82, 2.24) is 15.1 Å². The molecule has 1 aromatic rings. The molecule has 1 N–H and O–H groups in total. The van der Waals surface area contributed by atoms with E-state index in [2.05, 4.69) is 55.9 Å². The third kappa shape index (κ3) is 3.02. The molecule has 1 aliphatic rings. The standard InChI is InChI=1S/C16H29N3/c1-6-19-13(10-12(2)18-19)11-15(17-5)14-8-7-9-16(14,3)4/h10,14-15,17H,6-9,11H2,1-5H3. The number of aryl methyl sites for hydroxylation is 2. The van der Waals surface area contributed by atoms with E-state index >= 15 is 0 Å². The average molecular weight is 263 g/mol. The molecule has 1 fully saturated rings. The number of hydrogen-bond acceptors (Lipinski definition) is 2. The molecule has 3 heteroatoms. The van der Waals surface area contributed by atoms with Gasteiger partial charge < -0.3 is 5.32 Å². The van der Waals surface area contributed by atoms with Gasteiger partial charge in [0.2, 0.25) is 0 Å². The number of likely N-dealkylation sites (N-methyl/N-ethyl adjacent to an activating group) is 1. The first-order chi connectivity index (χ1) is 8.97. The molecule has 0 radical (unpaired) electrons. The molecule has 1 saturated carbocycles. The maximum absolute atomic E-state index is 4.57. The van der Waals surface area contributed by atoms with Crippen molar-refractivity contribution in [2.45, 2.75) is 66.0 Å². The summed E-state index contributed by atoms with van der Waals surface area (Å²) in [5.41, 5.74) is 2.99. The van der Waals surface area contributed by atoms with E-state index in [-0.39, 0.29) is 0 Å². The van der Waals surface area contributed by atoms with E-state index in [0.717, 1.165) is 24.6 Å². The Balaban J connectivity index is 2.14. The molecule has 19 heavy (non-hydrogen) atoms. The summed E-state index contributed by atoms with van der Waals surface area (Å²) in [7, 11) is 2.11. The maximum Gasteiger partial charge on any atom is 0.0596 e. The summed E-state index contributed by atoms with van der Waals surface area (Å²) in [4.78, 5) is 0. The van der Waals surface area contributed by atoms with Crippen molar-refractivity contribution in [2.75, 3.05) is 7.05 Å². The molecular weight excluding hydrogens is 234 g/mol. The number of aromatic nitrogens is 2. The van der Waals surface area contributed by atoms with Gasteiger partial charge in [-0.2, -0.15) is 5.10 Å². The molecule has 2 unspecified atom stereocenters. The summed E-state index contributed by atoms with van der Waals surface area (Å²) in [6, 6.07) is 2.81. The highest BCUT2D eigenvalue weighted by molar-refractivity contribution is 5.11. The van der Waals surface area contributed by atoms with Gasteiger partial charge in [-0.3, -0.25) is 4.68 Å². The van der Waals surface area contributed by atoms with Crippen LogP contribution in [0.4, 0.5) is 0 Å². The van der Waals surface area contributed by atoms with Crippen LogP contribution in [0, 0.1) is 18.3 Å². The number of rotatable bonds is 5. The van der Waals surface area contributed by atoms with Gasteiger partial charge in [0.15, 0.2) is 0 Å². The van der Waals surface area contributed by atoms with Gasteiger partial charge in [-0.1, -0.05) is 20.3 Å². The van der Waals surface area contributed by atoms with E-state index in [4.69, 9.17) is 0 Å². The summed E-state index contributed by atoms with van der Waals surface area (Å²) in [5, 5.41) is 8.14. The molecule has 0 amide bonds. The van der Waals surface area contributed by atoms with Crippen LogP contribution in [0.15, 0.2) is 6.07 Å². The molecule has 108 valence electrons. The van der Waals surface area contributed by atoms with Gasteiger partial charge in [-0.05, 0) is 51.1 Å². The van der Waals surface area contributed by atoms with E-state index < -0.39 is 0 Å². The molecular formula is C16H29N3. The Morgan fingerprint density at radius 3 is 2.79 bits per heavy atom. The highest BCUT2D eigenvalue weighted by Gasteiger charge is 2.39. The van der Waals surface area contributed by atoms with E-state index in [1.807, 2.05) is 0 Å². The van der Waals surface area contributed by atoms with Crippen molar-refractivity contribution in [1.29, 1.82) is 0 Å². The second-order valence-corrected chi connectivity index (χ2v) is 6.68. The smallest absolute Gasteiger partial charge is 0.0596 e. The van der Waals surface area contributed by atoms with Crippen molar-refractivity contribution < 1.29 is 0 Å². The zero-order chi connectivity index (χ0) is 14.0. The number of nitrogens with zero attached hydrogens (tertiary/aromatic N) is 2. The van der Waals surface area contributed by atoms with Crippen LogP contribution in [0.25, 0.3) is 0 Å². The first kappa shape index (κ1) is 14.6. The Kier molecular flexibility index (Phi) is 4.34. The van der Waals surface area contributed by atoms with Crippen LogP contribution in [0.1, 0.15) is 51.4 Å². The first-order valence-electron chi connectivity index (χ1n) is 7.68. The lowest BCUT2D eigenvalue weighted by Gasteiger charge is -2.34. The number of hydrogen-bond donors (Lipinski definition) is 1. The number of nitrogens with one attached hydrogen (secondary N) is 1. The molecule has 0 saturated heterocycles. The molecule has 0 aliphatic heterocycles. The van der Waals surface area contributed by atoms with Gasteiger partial charge in [0.05, 0.1) is 5.69 Å². The van der Waals surface area contributed by atoms with E-state index in [0.29, 0.717) is 11.5 Å². The second kappa shape index (κ2) is 5.66. The zero-order valence-corrected chi connectivity index (χ0v) is 13.2. The van der Waals surface area contributed by atoms with Gasteiger partial charge in [-0.15, -0.1) is 0 Å². The summed E-state index contributed by atoms with van der Waals surface area (Å²) in [6.07, 6.45) is 5.20. The van der Waals surface area contributed by atoms with Crippen molar-refractivity contribution in [3.05, 3.63) is 17.5 Å². The average Bonchev–Trinajstić information content (AvgIpc) is 2.88. The SMILES string of the molecule is CCn1nc(C)cc1CC(NC)C1CCCC1(C)C. The van der Waals surface area contributed by atoms with Crippen LogP contribution in [-0.2, 0) is 13.0 Å². The second-order valence-electron chi connectivity index (χ2n) is 6.68. The summed E-state index contributed by atoms with van der Waals surface area (Å²) in [6.45, 7) is 10.1. The highest BCUT2D eigenvalue weighted by atomic mass is 15.3. The normalized spacial score (nSPS) is 23.7. The van der Waals surface area contributed by atoms with Gasteiger partial charge in [-0.25, -0.2) is 0 Å². The lowest BCUT2D eigenvalue weighted by Crippen LogP contribution is -2.40. The molecule has 1 aromatic heterocycles. The molecule has 1 heterocycles. The molecule has 2 atom stereocenters. The minimum absolute atomic E-state index is 0.472. The fourth-order valence-corrected chi connectivity index (χ4v) is 3.81. The largest absolute Gasteiger partial charge is 0.316 e. The molecule has 1 aliphatic carbocycles. The predicted molar refractivity (Wildman–Crippen MR) is 80.3 cm³/mol. The highest BCUT2D eigenvalue weighted by Crippen LogP contribution is 2.44. The Morgan fingerprint density at radius 1 is 1.53 bits per heavy atom. The van der Waals surface area contributed by atoms with Gasteiger partial charge in [0.25, 0.3) is 0 Å². The van der Waals surface area contributed by atoms with Crippen molar-refractivity contribution in [3.63, 3.8) is 0 Å². The minimum Gasteiger partial charge on any atom is -0.316 e. The first-order valence-corrected chi connectivity index (χ1v) is 7.68. The van der Waals surface area contributed by atoms with Crippen LogP contribution in [0.2, 0.25) is 0 Å². The minimum atomic E-state index is 0.472. The van der Waals surface area contributed by atoms with E-state index in [1.165, 1.54) is 25.0 Å². The third-order valence-electron chi connectivity index (χ3n) is 4.91.